The molecule has 0 spiro atoms. The Bertz CT molecular complexity index is 383. The molecule has 0 bridgehead atoms. The van der Waals surface area contributed by atoms with Crippen LogP contribution in [0.25, 0.3) is 0 Å². The first-order valence-corrected chi connectivity index (χ1v) is 5.89. The first-order valence-electron chi connectivity index (χ1n) is 5.51. The quantitative estimate of drug-likeness (QED) is 0.796. The molecule has 1 aromatic rings. The van der Waals surface area contributed by atoms with Gasteiger partial charge >= 0.3 is 0 Å². The van der Waals surface area contributed by atoms with Crippen molar-refractivity contribution in [1.29, 1.82) is 0 Å². The summed E-state index contributed by atoms with van der Waals surface area (Å²) in [4.78, 5) is 0. The van der Waals surface area contributed by atoms with Crippen molar-refractivity contribution in [3.63, 3.8) is 0 Å². The molecule has 1 saturated carbocycles. The van der Waals surface area contributed by atoms with Crippen LogP contribution in [0.2, 0.25) is 5.02 Å². The molecule has 0 aliphatic heterocycles. The molecular formula is C12H17Cl2NO2. The lowest BCUT2D eigenvalue weighted by molar-refractivity contribution is 0.0408. The summed E-state index contributed by atoms with van der Waals surface area (Å²) in [5.41, 5.74) is 6.47. The highest BCUT2D eigenvalue weighted by Gasteiger charge is 2.31. The Morgan fingerprint density at radius 2 is 2.00 bits per heavy atom. The van der Waals surface area contributed by atoms with Crippen molar-refractivity contribution in [3.05, 3.63) is 28.8 Å². The number of hydrogen-bond acceptors (Lipinski definition) is 3. The van der Waals surface area contributed by atoms with Crippen molar-refractivity contribution < 1.29 is 10.2 Å². The van der Waals surface area contributed by atoms with E-state index in [0.29, 0.717) is 10.6 Å². The van der Waals surface area contributed by atoms with Crippen LogP contribution in [0, 0.1) is 5.92 Å². The van der Waals surface area contributed by atoms with Gasteiger partial charge in [0.1, 0.15) is 5.75 Å². The predicted molar refractivity (Wildman–Crippen MR) is 70.6 cm³/mol. The van der Waals surface area contributed by atoms with Crippen LogP contribution < -0.4 is 5.73 Å². The predicted octanol–water partition coefficient (Wildman–Crippen LogP) is 2.63. The van der Waals surface area contributed by atoms with Gasteiger partial charge in [-0.1, -0.05) is 18.0 Å². The molecule has 0 aromatic heterocycles. The molecule has 17 heavy (non-hydrogen) atoms. The van der Waals surface area contributed by atoms with Gasteiger partial charge in [0.25, 0.3) is 0 Å². The van der Waals surface area contributed by atoms with Crippen molar-refractivity contribution in [2.45, 2.75) is 31.4 Å². The van der Waals surface area contributed by atoms with E-state index in [2.05, 4.69) is 0 Å². The number of phenols is 1. The number of hydrogen-bond donors (Lipinski definition) is 3. The van der Waals surface area contributed by atoms with Crippen molar-refractivity contribution in [3.8, 4) is 5.75 Å². The van der Waals surface area contributed by atoms with Crippen LogP contribution in [0.4, 0.5) is 0 Å². The van der Waals surface area contributed by atoms with Crippen LogP contribution in [0.15, 0.2) is 18.2 Å². The van der Waals surface area contributed by atoms with Gasteiger partial charge in [0.05, 0.1) is 12.1 Å². The highest BCUT2D eigenvalue weighted by molar-refractivity contribution is 6.30. The highest BCUT2D eigenvalue weighted by Crippen LogP contribution is 2.36. The number of aliphatic hydroxyl groups is 1. The summed E-state index contributed by atoms with van der Waals surface area (Å²) in [5.74, 6) is 0.351. The molecule has 3 nitrogen and oxygen atoms in total. The van der Waals surface area contributed by atoms with Gasteiger partial charge in [-0.3, -0.25) is 0 Å². The largest absolute Gasteiger partial charge is 0.508 e. The van der Waals surface area contributed by atoms with Gasteiger partial charge in [0.15, 0.2) is 0 Å². The SMILES string of the molecule is Cl.N[C@@H](c1cc(Cl)ccc1O)[C@H](O)C1CCC1. The Labute approximate surface area is 112 Å². The first-order chi connectivity index (χ1) is 7.59. The van der Waals surface area contributed by atoms with E-state index in [0.717, 1.165) is 19.3 Å². The lowest BCUT2D eigenvalue weighted by atomic mass is 9.77. The molecule has 5 heteroatoms. The van der Waals surface area contributed by atoms with Crippen LogP contribution in [0.3, 0.4) is 0 Å². The normalized spacial score (nSPS) is 19.0. The minimum Gasteiger partial charge on any atom is -0.508 e. The van der Waals surface area contributed by atoms with Gasteiger partial charge in [0, 0.05) is 10.6 Å². The summed E-state index contributed by atoms with van der Waals surface area (Å²) in [6.45, 7) is 0. The second-order valence-electron chi connectivity index (χ2n) is 4.41. The van der Waals surface area contributed by atoms with Crippen molar-refractivity contribution in [1.82, 2.24) is 0 Å². The summed E-state index contributed by atoms with van der Waals surface area (Å²) in [7, 11) is 0. The van der Waals surface area contributed by atoms with Gasteiger partial charge in [-0.25, -0.2) is 0 Å². The highest BCUT2D eigenvalue weighted by atomic mass is 35.5. The average molecular weight is 278 g/mol. The number of aliphatic hydroxyl groups excluding tert-OH is 1. The Morgan fingerprint density at radius 3 is 2.53 bits per heavy atom. The molecule has 0 unspecified atom stereocenters. The monoisotopic (exact) mass is 277 g/mol. The smallest absolute Gasteiger partial charge is 0.120 e. The molecule has 1 fully saturated rings. The zero-order valence-electron chi connectivity index (χ0n) is 9.34. The van der Waals surface area contributed by atoms with Crippen LogP contribution >= 0.6 is 24.0 Å². The third-order valence-electron chi connectivity index (χ3n) is 3.35. The summed E-state index contributed by atoms with van der Waals surface area (Å²) >= 11 is 5.84. The molecule has 1 aromatic carbocycles. The van der Waals surface area contributed by atoms with E-state index in [1.54, 1.807) is 12.1 Å². The van der Waals surface area contributed by atoms with E-state index >= 15 is 0 Å². The zero-order chi connectivity index (χ0) is 11.7. The van der Waals surface area contributed by atoms with Gasteiger partial charge in [-0.15, -0.1) is 12.4 Å². The van der Waals surface area contributed by atoms with Gasteiger partial charge in [0.2, 0.25) is 0 Å². The van der Waals surface area contributed by atoms with Crippen LogP contribution in [-0.2, 0) is 0 Å². The van der Waals surface area contributed by atoms with E-state index in [4.69, 9.17) is 17.3 Å². The minimum absolute atomic E-state index is 0. The summed E-state index contributed by atoms with van der Waals surface area (Å²) in [6, 6.07) is 4.15. The maximum atomic E-state index is 10.0. The topological polar surface area (TPSA) is 66.5 Å². The van der Waals surface area contributed by atoms with E-state index in [1.165, 1.54) is 6.07 Å². The average Bonchev–Trinajstić information content (AvgIpc) is 2.18. The van der Waals surface area contributed by atoms with Crippen LogP contribution in [0.1, 0.15) is 30.9 Å². The Kier molecular flexibility index (Phi) is 5.07. The van der Waals surface area contributed by atoms with E-state index in [9.17, 15) is 10.2 Å². The Balaban J connectivity index is 0.00000144. The fraction of sp³-hybridized carbons (Fsp3) is 0.500. The molecule has 2 rings (SSSR count). The van der Waals surface area contributed by atoms with Gasteiger partial charge in [-0.05, 0) is 37.0 Å². The van der Waals surface area contributed by atoms with E-state index in [-0.39, 0.29) is 24.1 Å². The maximum Gasteiger partial charge on any atom is 0.120 e. The van der Waals surface area contributed by atoms with Crippen molar-refractivity contribution in [2.24, 2.45) is 11.7 Å². The molecule has 96 valence electrons. The summed E-state index contributed by atoms with van der Waals surface area (Å²) in [6.07, 6.45) is 2.57. The summed E-state index contributed by atoms with van der Waals surface area (Å²) < 4.78 is 0. The number of aromatic hydroxyl groups is 1. The van der Waals surface area contributed by atoms with Crippen LogP contribution in [-0.4, -0.2) is 16.3 Å². The molecule has 2 atom stereocenters. The third-order valence-corrected chi connectivity index (χ3v) is 3.58. The van der Waals surface area contributed by atoms with Crippen molar-refractivity contribution in [2.75, 3.05) is 0 Å². The van der Waals surface area contributed by atoms with Crippen molar-refractivity contribution >= 4 is 24.0 Å². The Hall–Kier alpha value is -0.480. The number of nitrogens with two attached hydrogens (primary N) is 1. The van der Waals surface area contributed by atoms with Crippen LogP contribution in [0.5, 0.6) is 5.75 Å². The molecule has 0 heterocycles. The minimum atomic E-state index is -0.599. The molecule has 1 aliphatic rings. The fourth-order valence-corrected chi connectivity index (χ4v) is 2.23. The second kappa shape index (κ2) is 5.91. The van der Waals surface area contributed by atoms with E-state index < -0.39 is 12.1 Å². The standard InChI is InChI=1S/C12H16ClNO2.ClH/c13-8-4-5-10(15)9(6-8)11(14)12(16)7-2-1-3-7;/h4-7,11-12,15-16H,1-3,14H2;1H/t11-,12+;/m0./s1. The fourth-order valence-electron chi connectivity index (χ4n) is 2.05. The molecule has 1 aliphatic carbocycles. The number of phenolic OH excluding ortho intramolecular Hbond substituents is 1. The number of benzene rings is 1. The van der Waals surface area contributed by atoms with Gasteiger partial charge in [-0.2, -0.15) is 0 Å². The second-order valence-corrected chi connectivity index (χ2v) is 4.85. The molecule has 0 radical (unpaired) electrons. The van der Waals surface area contributed by atoms with Gasteiger partial charge < -0.3 is 15.9 Å². The van der Waals surface area contributed by atoms with E-state index in [1.807, 2.05) is 0 Å². The Morgan fingerprint density at radius 1 is 1.35 bits per heavy atom. The third kappa shape index (κ3) is 3.05. The first kappa shape index (κ1) is 14.6. The molecule has 0 amide bonds. The zero-order valence-corrected chi connectivity index (χ0v) is 10.9. The molecule has 4 N–H and O–H groups in total. The number of rotatable bonds is 3. The lowest BCUT2D eigenvalue weighted by Gasteiger charge is -2.34. The summed E-state index contributed by atoms with van der Waals surface area (Å²) in [5, 5.41) is 20.2. The number of halogens is 2. The lowest BCUT2D eigenvalue weighted by Crippen LogP contribution is -2.36. The molecule has 0 saturated heterocycles. The maximum absolute atomic E-state index is 10.0. The molecular weight excluding hydrogens is 261 g/mol.